The Morgan fingerprint density at radius 1 is 1.18 bits per heavy atom. The number of allylic oxidation sites excluding steroid dienone is 1. The lowest BCUT2D eigenvalue weighted by molar-refractivity contribution is 0.177. The Bertz CT molecular complexity index is 432. The largest absolute Gasteiger partial charge is 0.485 e. The number of rotatable bonds is 2. The third-order valence-electron chi connectivity index (χ3n) is 3.87. The van der Waals surface area contributed by atoms with Crippen LogP contribution in [0, 0.1) is 5.92 Å². The van der Waals surface area contributed by atoms with Crippen LogP contribution in [-0.4, -0.2) is 11.4 Å². The fourth-order valence-corrected chi connectivity index (χ4v) is 3.43. The molecule has 0 aromatic heterocycles. The van der Waals surface area contributed by atoms with Gasteiger partial charge in [0.1, 0.15) is 11.9 Å². The van der Waals surface area contributed by atoms with Gasteiger partial charge in [0.25, 0.3) is 0 Å². The zero-order chi connectivity index (χ0) is 11.7. The topological polar surface area (TPSA) is 9.23 Å². The zero-order valence-electron chi connectivity index (χ0n) is 9.86. The predicted molar refractivity (Wildman–Crippen MR) is 74.6 cm³/mol. The average molecular weight is 293 g/mol. The van der Waals surface area contributed by atoms with Crippen molar-refractivity contribution in [1.82, 2.24) is 0 Å². The van der Waals surface area contributed by atoms with Gasteiger partial charge in [-0.3, -0.25) is 0 Å². The van der Waals surface area contributed by atoms with E-state index in [0.717, 1.165) is 17.0 Å². The fourth-order valence-electron chi connectivity index (χ4n) is 2.94. The van der Waals surface area contributed by atoms with E-state index >= 15 is 0 Å². The summed E-state index contributed by atoms with van der Waals surface area (Å²) in [6, 6.07) is 8.37. The van der Waals surface area contributed by atoms with Gasteiger partial charge in [-0.1, -0.05) is 47.0 Å². The summed E-state index contributed by atoms with van der Waals surface area (Å²) in [6.07, 6.45) is 7.98. The first-order chi connectivity index (χ1) is 8.38. The van der Waals surface area contributed by atoms with Gasteiger partial charge >= 0.3 is 0 Å². The summed E-state index contributed by atoms with van der Waals surface area (Å²) >= 11 is 3.59. The van der Waals surface area contributed by atoms with Crippen molar-refractivity contribution >= 4 is 21.5 Å². The van der Waals surface area contributed by atoms with E-state index in [1.54, 1.807) is 0 Å². The number of benzene rings is 1. The first kappa shape index (κ1) is 11.3. The summed E-state index contributed by atoms with van der Waals surface area (Å²) in [5, 5.41) is 0.913. The second-order valence-corrected chi connectivity index (χ2v) is 5.51. The second kappa shape index (κ2) is 4.85. The van der Waals surface area contributed by atoms with Crippen molar-refractivity contribution in [1.29, 1.82) is 0 Å². The molecule has 1 fully saturated rings. The molecular formula is C15H17BrO. The van der Waals surface area contributed by atoms with Crippen LogP contribution in [0.2, 0.25) is 0 Å². The molecule has 1 saturated carbocycles. The van der Waals surface area contributed by atoms with E-state index in [0.29, 0.717) is 6.10 Å². The van der Waals surface area contributed by atoms with E-state index in [1.165, 1.54) is 36.8 Å². The Morgan fingerprint density at radius 2 is 1.94 bits per heavy atom. The molecule has 1 unspecified atom stereocenters. The van der Waals surface area contributed by atoms with Gasteiger partial charge in [-0.25, -0.2) is 0 Å². The Balaban J connectivity index is 1.92. The Labute approximate surface area is 111 Å². The lowest BCUT2D eigenvalue weighted by Crippen LogP contribution is -2.26. The van der Waals surface area contributed by atoms with E-state index in [9.17, 15) is 0 Å². The molecule has 2 aliphatic rings. The van der Waals surface area contributed by atoms with Gasteiger partial charge in [-0.05, 0) is 36.5 Å². The summed E-state index contributed by atoms with van der Waals surface area (Å²) in [7, 11) is 0. The molecule has 3 rings (SSSR count). The highest BCUT2D eigenvalue weighted by atomic mass is 79.9. The molecular weight excluding hydrogens is 276 g/mol. The quantitative estimate of drug-likeness (QED) is 0.734. The molecule has 0 radical (unpaired) electrons. The Kier molecular flexibility index (Phi) is 3.24. The van der Waals surface area contributed by atoms with E-state index in [4.69, 9.17) is 4.74 Å². The van der Waals surface area contributed by atoms with Crippen LogP contribution in [0.15, 0.2) is 30.3 Å². The summed E-state index contributed by atoms with van der Waals surface area (Å²) in [5.74, 6) is 1.78. The van der Waals surface area contributed by atoms with Crippen molar-refractivity contribution in [3.8, 4) is 5.75 Å². The van der Waals surface area contributed by atoms with E-state index in [2.05, 4.69) is 46.3 Å². The fraction of sp³-hybridized carbons (Fsp3) is 0.467. The third-order valence-corrected chi connectivity index (χ3v) is 4.47. The number of hydrogen-bond donors (Lipinski definition) is 0. The number of ether oxygens (including phenoxy) is 1. The van der Waals surface area contributed by atoms with Crippen molar-refractivity contribution in [2.75, 3.05) is 5.33 Å². The highest BCUT2D eigenvalue weighted by Gasteiger charge is 2.29. The van der Waals surface area contributed by atoms with Crippen molar-refractivity contribution in [2.45, 2.75) is 31.8 Å². The molecule has 90 valence electrons. The van der Waals surface area contributed by atoms with Crippen LogP contribution in [0.3, 0.4) is 0 Å². The number of para-hydroxylation sites is 1. The van der Waals surface area contributed by atoms with Crippen LogP contribution in [0.4, 0.5) is 0 Å². The van der Waals surface area contributed by atoms with Crippen molar-refractivity contribution in [3.05, 3.63) is 35.9 Å². The van der Waals surface area contributed by atoms with E-state index < -0.39 is 0 Å². The molecule has 0 spiro atoms. The maximum absolute atomic E-state index is 6.15. The molecule has 0 N–H and O–H groups in total. The second-order valence-electron chi connectivity index (χ2n) is 4.95. The van der Waals surface area contributed by atoms with Crippen LogP contribution in [0.5, 0.6) is 5.75 Å². The Hall–Kier alpha value is -0.760. The average Bonchev–Trinajstić information content (AvgIpc) is 2.91. The number of halogens is 1. The highest BCUT2D eigenvalue weighted by molar-refractivity contribution is 9.09. The maximum atomic E-state index is 6.15. The molecule has 0 bridgehead atoms. The summed E-state index contributed by atoms with van der Waals surface area (Å²) < 4.78 is 6.15. The monoisotopic (exact) mass is 292 g/mol. The minimum atomic E-state index is 0.292. The number of hydrogen-bond acceptors (Lipinski definition) is 1. The third kappa shape index (κ3) is 2.15. The molecule has 0 amide bonds. The van der Waals surface area contributed by atoms with Gasteiger partial charge in [0.05, 0.1) is 0 Å². The van der Waals surface area contributed by atoms with Gasteiger partial charge in [-0.2, -0.15) is 0 Å². The van der Waals surface area contributed by atoms with Crippen LogP contribution < -0.4 is 4.74 Å². The molecule has 1 heterocycles. The molecule has 1 aromatic carbocycles. The molecule has 1 aromatic rings. The Morgan fingerprint density at radius 3 is 2.71 bits per heavy atom. The predicted octanol–water partition coefficient (Wildman–Crippen LogP) is 4.42. The summed E-state index contributed by atoms with van der Waals surface area (Å²) in [6.45, 7) is 0. The summed E-state index contributed by atoms with van der Waals surface area (Å²) in [4.78, 5) is 0. The van der Waals surface area contributed by atoms with E-state index in [-0.39, 0.29) is 0 Å². The lowest BCUT2D eigenvalue weighted by Gasteiger charge is -2.28. The minimum Gasteiger partial charge on any atom is -0.485 e. The van der Waals surface area contributed by atoms with Crippen molar-refractivity contribution in [3.63, 3.8) is 0 Å². The normalized spacial score (nSPS) is 24.1. The van der Waals surface area contributed by atoms with Gasteiger partial charge < -0.3 is 4.74 Å². The van der Waals surface area contributed by atoms with Gasteiger partial charge in [0, 0.05) is 10.9 Å². The van der Waals surface area contributed by atoms with Crippen LogP contribution >= 0.6 is 15.9 Å². The smallest absolute Gasteiger partial charge is 0.127 e. The molecule has 1 nitrogen and oxygen atoms in total. The first-order valence-electron chi connectivity index (χ1n) is 6.41. The maximum Gasteiger partial charge on any atom is 0.127 e. The summed E-state index contributed by atoms with van der Waals surface area (Å²) in [5.41, 5.74) is 2.63. The highest BCUT2D eigenvalue weighted by Crippen LogP contribution is 2.38. The first-order valence-corrected chi connectivity index (χ1v) is 7.53. The molecule has 2 heteroatoms. The SMILES string of the molecule is BrCC1=CC(C2CCCC2)Oc2ccccc21. The standard InChI is InChI=1S/C15H17BrO/c16-10-12-9-15(11-5-1-2-6-11)17-14-8-4-3-7-13(12)14/h3-4,7-9,11,15H,1-2,5-6,10H2. The van der Waals surface area contributed by atoms with E-state index in [1.807, 2.05) is 0 Å². The van der Waals surface area contributed by atoms with Crippen molar-refractivity contribution < 1.29 is 4.74 Å². The molecule has 1 atom stereocenters. The molecule has 1 aliphatic carbocycles. The van der Waals surface area contributed by atoms with Gasteiger partial charge in [-0.15, -0.1) is 0 Å². The van der Waals surface area contributed by atoms with Gasteiger partial charge in [0.2, 0.25) is 0 Å². The van der Waals surface area contributed by atoms with Crippen molar-refractivity contribution in [2.24, 2.45) is 5.92 Å². The lowest BCUT2D eigenvalue weighted by atomic mass is 9.94. The van der Waals surface area contributed by atoms with Crippen LogP contribution in [-0.2, 0) is 0 Å². The van der Waals surface area contributed by atoms with Gasteiger partial charge in [0.15, 0.2) is 0 Å². The molecule has 0 saturated heterocycles. The molecule has 17 heavy (non-hydrogen) atoms. The number of alkyl halides is 1. The van der Waals surface area contributed by atoms with Crippen LogP contribution in [0.1, 0.15) is 31.2 Å². The van der Waals surface area contributed by atoms with Crippen LogP contribution in [0.25, 0.3) is 5.57 Å². The molecule has 1 aliphatic heterocycles. The zero-order valence-corrected chi connectivity index (χ0v) is 11.4. The minimum absolute atomic E-state index is 0.292. The number of fused-ring (bicyclic) bond motifs is 1.